The van der Waals surface area contributed by atoms with Gasteiger partial charge in [-0.05, 0) is 135 Å². The van der Waals surface area contributed by atoms with Crippen molar-refractivity contribution < 1.29 is 47.8 Å². The Balaban J connectivity index is 0.000000189. The Bertz CT molecular complexity index is 3250. The predicted octanol–water partition coefficient (Wildman–Crippen LogP) is 11.4. The van der Waals surface area contributed by atoms with E-state index in [1.54, 1.807) is 60.5 Å². The zero-order valence-corrected chi connectivity index (χ0v) is 42.0. The van der Waals surface area contributed by atoms with Crippen LogP contribution in [-0.4, -0.2) is 89.4 Å². The average Bonchev–Trinajstić information content (AvgIpc) is 4.36. The third-order valence-corrected chi connectivity index (χ3v) is 14.3. The highest BCUT2D eigenvalue weighted by Gasteiger charge is 2.33. The third kappa shape index (κ3) is 11.0. The normalized spacial score (nSPS) is 17.3. The summed E-state index contributed by atoms with van der Waals surface area (Å²) in [4.78, 5) is 77.5. The quantitative estimate of drug-likeness (QED) is 0.106. The van der Waals surface area contributed by atoms with E-state index in [1.807, 2.05) is 26.0 Å². The molecule has 0 bridgehead atoms. The maximum Gasteiger partial charge on any atom is 0.306 e. The summed E-state index contributed by atoms with van der Waals surface area (Å²) >= 11 is 12.6. The van der Waals surface area contributed by atoms with Crippen molar-refractivity contribution in [3.05, 3.63) is 140 Å². The van der Waals surface area contributed by atoms with Gasteiger partial charge in [0, 0.05) is 41.0 Å². The first-order valence-electron chi connectivity index (χ1n) is 24.4. The summed E-state index contributed by atoms with van der Waals surface area (Å²) < 4.78 is 29.8. The largest absolute Gasteiger partial charge is 0.481 e. The molecule has 2 fully saturated rings. The van der Waals surface area contributed by atoms with E-state index in [2.05, 4.69) is 15.5 Å². The summed E-state index contributed by atoms with van der Waals surface area (Å²) in [6.07, 6.45) is 10.1. The van der Waals surface area contributed by atoms with Crippen molar-refractivity contribution in [2.75, 3.05) is 7.05 Å². The number of nitrogens with one attached hydrogen (secondary N) is 1. The number of carboxylic acid groups (broad SMARTS) is 2. The van der Waals surface area contributed by atoms with E-state index in [0.29, 0.717) is 82.8 Å². The molecule has 4 aliphatic carbocycles. The number of hydrogen-bond donors (Lipinski definition) is 3. The summed E-state index contributed by atoms with van der Waals surface area (Å²) in [7, 11) is 1.76. The molecule has 2 amide bonds. The molecule has 380 valence electrons. The molecule has 0 radical (unpaired) electrons. The van der Waals surface area contributed by atoms with Gasteiger partial charge in [-0.3, -0.25) is 28.8 Å². The number of carboxylic acids is 2. The summed E-state index contributed by atoms with van der Waals surface area (Å²) in [5.74, 6) is -4.17. The number of carbonyl (C=O) groups is 6. The second kappa shape index (κ2) is 22.4. The smallest absolute Gasteiger partial charge is 0.306 e. The Morgan fingerprint density at radius 2 is 1.11 bits per heavy atom. The number of alkyl halides is 2. The minimum Gasteiger partial charge on any atom is -0.481 e. The van der Waals surface area contributed by atoms with Gasteiger partial charge in [0.25, 0.3) is 23.6 Å². The van der Waals surface area contributed by atoms with E-state index in [-0.39, 0.29) is 56.2 Å². The van der Waals surface area contributed by atoms with Gasteiger partial charge >= 0.3 is 11.9 Å². The van der Waals surface area contributed by atoms with Gasteiger partial charge in [-0.15, -0.1) is 0 Å². The molecule has 3 N–H and O–H groups in total. The van der Waals surface area contributed by atoms with Crippen LogP contribution in [0, 0.1) is 11.8 Å². The van der Waals surface area contributed by atoms with E-state index in [9.17, 15) is 47.8 Å². The van der Waals surface area contributed by atoms with Crippen LogP contribution in [0.3, 0.4) is 0 Å². The van der Waals surface area contributed by atoms with Gasteiger partial charge in [0.15, 0.2) is 0 Å². The van der Waals surface area contributed by atoms with Crippen molar-refractivity contribution >= 4 is 91.7 Å². The van der Waals surface area contributed by atoms with Crippen molar-refractivity contribution in [1.82, 2.24) is 29.8 Å². The maximum atomic E-state index is 13.7. The van der Waals surface area contributed by atoms with Crippen LogP contribution in [0.25, 0.3) is 33.0 Å². The molecule has 0 aliphatic heterocycles. The van der Waals surface area contributed by atoms with Gasteiger partial charge in [0.2, 0.25) is 0 Å². The molecule has 6 aromatic rings. The van der Waals surface area contributed by atoms with Gasteiger partial charge in [-0.25, -0.2) is 8.78 Å². The molecular weight excluding hydrogens is 982 g/mol. The Morgan fingerprint density at radius 1 is 0.658 bits per heavy atom. The molecule has 2 unspecified atom stereocenters. The van der Waals surface area contributed by atoms with Crippen LogP contribution in [-0.2, 0) is 22.9 Å². The molecule has 0 spiro atoms. The Kier molecular flexibility index (Phi) is 16.0. The first-order valence-corrected chi connectivity index (χ1v) is 25.2. The predicted molar refractivity (Wildman–Crippen MR) is 274 cm³/mol. The number of aliphatic carboxylic acids is 2. The highest BCUT2D eigenvalue weighted by Crippen LogP contribution is 2.38. The third-order valence-electron chi connectivity index (χ3n) is 13.6. The van der Waals surface area contributed by atoms with Crippen molar-refractivity contribution in [1.29, 1.82) is 0 Å². The van der Waals surface area contributed by atoms with E-state index in [1.165, 1.54) is 33.6 Å². The first kappa shape index (κ1) is 52.3. The first-order chi connectivity index (χ1) is 35.2. The van der Waals surface area contributed by atoms with Gasteiger partial charge in [-0.1, -0.05) is 73.5 Å². The van der Waals surface area contributed by atoms with Crippen LogP contribution < -0.4 is 5.32 Å². The van der Waals surface area contributed by atoms with Crippen molar-refractivity contribution in [2.24, 2.45) is 11.8 Å². The number of nitrogens with zero attached hydrogens (tertiary/aromatic N) is 5. The number of carbonyl (C=O) groups excluding carboxylic acids is 4. The molecule has 2 aromatic heterocycles. The zero-order valence-electron chi connectivity index (χ0n) is 40.5. The summed E-state index contributed by atoms with van der Waals surface area (Å²) in [6, 6.07) is 19.8. The summed E-state index contributed by atoms with van der Waals surface area (Å²) in [5.41, 5.74) is 4.72. The van der Waals surface area contributed by atoms with E-state index >= 15 is 0 Å². The minimum atomic E-state index is -0.871. The van der Waals surface area contributed by atoms with Crippen LogP contribution in [0.1, 0.15) is 142 Å². The van der Waals surface area contributed by atoms with E-state index in [4.69, 9.17) is 23.2 Å². The molecular formula is C55H54Cl2F2N6O8. The Labute approximate surface area is 429 Å². The maximum absolute atomic E-state index is 13.7. The summed E-state index contributed by atoms with van der Waals surface area (Å²) in [5, 5.41) is 32.3. The molecule has 2 saturated carbocycles. The molecule has 14 nitrogen and oxygen atoms in total. The lowest BCUT2D eigenvalue weighted by Crippen LogP contribution is -2.28. The lowest BCUT2D eigenvalue weighted by Gasteiger charge is -2.17. The standard InChI is InChI=1S/C27H25ClFN3O4.C26H23ClFN3O4.C2H6/c1-31(19-10-11-19)25(33)17-9-12-20-22(13-17)32(26(34)23-18(14-29)3-2-4-21(23)28)30-24(20)15-5-7-16(8-6-15)27(35)36;27-20-3-1-2-17(13-28)22(20)25(33)31-21-12-16(24(32)29-18-9-10-18)8-11-19(21)23(30-31)14-4-6-15(7-5-14)26(34)35;1-2/h2-5,9,12-13,16,19H,6-8,10-11,14H2,1H3,(H,35,36);1-4,8,11-12,15,18H,5-7,9-10,13H2,(H,29,32)(H,34,35);1-2H3. The minimum absolute atomic E-state index is 0.0176. The molecule has 10 rings (SSSR count). The highest BCUT2D eigenvalue weighted by atomic mass is 35.5. The number of aromatic nitrogens is 4. The van der Waals surface area contributed by atoms with Crippen molar-refractivity contribution in [2.45, 2.75) is 103 Å². The topological polar surface area (TPSA) is 194 Å². The van der Waals surface area contributed by atoms with Crippen molar-refractivity contribution in [3.63, 3.8) is 0 Å². The highest BCUT2D eigenvalue weighted by molar-refractivity contribution is 6.35. The summed E-state index contributed by atoms with van der Waals surface area (Å²) in [6.45, 7) is 2.26. The van der Waals surface area contributed by atoms with Crippen LogP contribution in [0.4, 0.5) is 8.78 Å². The molecule has 4 aromatic carbocycles. The van der Waals surface area contributed by atoms with Gasteiger partial charge in [0.05, 0.1) is 55.4 Å². The fourth-order valence-electron chi connectivity index (χ4n) is 9.21. The second-order valence-electron chi connectivity index (χ2n) is 18.4. The van der Waals surface area contributed by atoms with Crippen LogP contribution >= 0.6 is 23.2 Å². The lowest BCUT2D eigenvalue weighted by molar-refractivity contribution is -0.142. The number of benzene rings is 4. The molecule has 0 saturated heterocycles. The van der Waals surface area contributed by atoms with Crippen molar-refractivity contribution in [3.8, 4) is 0 Å². The zero-order chi connectivity index (χ0) is 52.2. The molecule has 2 heterocycles. The fourth-order valence-corrected chi connectivity index (χ4v) is 9.76. The number of halogens is 4. The van der Waals surface area contributed by atoms with E-state index < -0.39 is 48.9 Å². The fraction of sp³-hybridized carbons (Fsp3) is 0.345. The SMILES string of the molecule is CC.CN(C(=O)c1ccc2c(C3=CCC(C(=O)O)CC3)nn(C(=O)c3c(Cl)cccc3CF)c2c1)C1CC1.O=C(NC1CC1)c1ccc2c(C3=CCC(C(=O)O)CC3)nn(C(=O)c3c(Cl)cccc3CF)c2c1. The number of fused-ring (bicyclic) bond motifs is 2. The molecule has 73 heavy (non-hydrogen) atoms. The van der Waals surface area contributed by atoms with Gasteiger partial charge in [0.1, 0.15) is 13.3 Å². The molecule has 2 atom stereocenters. The average molecular weight is 1040 g/mol. The number of allylic oxidation sites excluding steroid dienone is 4. The molecule has 4 aliphatic rings. The Morgan fingerprint density at radius 3 is 1.51 bits per heavy atom. The molecule has 18 heteroatoms. The second-order valence-corrected chi connectivity index (χ2v) is 19.2. The number of hydrogen-bond acceptors (Lipinski definition) is 8. The lowest BCUT2D eigenvalue weighted by atomic mass is 9.87. The monoisotopic (exact) mass is 1030 g/mol. The van der Waals surface area contributed by atoms with Gasteiger partial charge in [-0.2, -0.15) is 19.6 Å². The van der Waals surface area contributed by atoms with Crippen LogP contribution in [0.2, 0.25) is 10.0 Å². The van der Waals surface area contributed by atoms with E-state index in [0.717, 1.165) is 36.8 Å². The van der Waals surface area contributed by atoms with Crippen LogP contribution in [0.15, 0.2) is 84.9 Å². The Hall–Kier alpha value is -7.04. The van der Waals surface area contributed by atoms with Gasteiger partial charge < -0.3 is 20.4 Å². The van der Waals surface area contributed by atoms with Crippen LogP contribution in [0.5, 0.6) is 0 Å². The number of amides is 2. The number of rotatable bonds is 12.